The number of benzene rings is 1. The van der Waals surface area contributed by atoms with Gasteiger partial charge in [0.05, 0.1) is 11.8 Å². The smallest absolute Gasteiger partial charge is 0.425 e. The number of nitrogens with zero attached hydrogens (tertiary/aromatic N) is 1. The fraction of sp³-hybridized carbons (Fsp3) is 0.400. The molecule has 1 aliphatic carbocycles. The Morgan fingerprint density at radius 1 is 1.09 bits per heavy atom. The zero-order valence-corrected chi connectivity index (χ0v) is 18.7. The Morgan fingerprint density at radius 2 is 1.76 bits per heavy atom. The van der Waals surface area contributed by atoms with Crippen molar-refractivity contribution in [2.45, 2.75) is 50.7 Å². The van der Waals surface area contributed by atoms with Gasteiger partial charge in [0.15, 0.2) is 11.5 Å². The van der Waals surface area contributed by atoms with Crippen molar-refractivity contribution in [2.75, 3.05) is 6.54 Å². The van der Waals surface area contributed by atoms with Crippen LogP contribution in [0.5, 0.6) is 0 Å². The molecule has 34 heavy (non-hydrogen) atoms. The molecule has 2 heterocycles. The highest BCUT2D eigenvalue weighted by atomic mass is 19.4. The summed E-state index contributed by atoms with van der Waals surface area (Å²) in [4.78, 5) is 40.8. The van der Waals surface area contributed by atoms with Gasteiger partial charge in [-0.2, -0.15) is 13.2 Å². The van der Waals surface area contributed by atoms with Crippen LogP contribution in [0.4, 0.5) is 13.2 Å². The summed E-state index contributed by atoms with van der Waals surface area (Å²) in [5.41, 5.74) is -4.42. The molecular formula is C25H25F3N2O4. The van der Waals surface area contributed by atoms with Crippen molar-refractivity contribution >= 4 is 17.6 Å². The minimum atomic E-state index is -5.28. The van der Waals surface area contributed by atoms with Gasteiger partial charge in [-0.25, -0.2) is 0 Å². The van der Waals surface area contributed by atoms with Gasteiger partial charge in [0.25, 0.3) is 11.8 Å². The first-order valence-corrected chi connectivity index (χ1v) is 11.2. The van der Waals surface area contributed by atoms with Crippen molar-refractivity contribution in [3.63, 3.8) is 0 Å². The van der Waals surface area contributed by atoms with Crippen LogP contribution in [-0.4, -0.2) is 40.8 Å². The lowest BCUT2D eigenvalue weighted by Crippen LogP contribution is -2.66. The molecule has 1 aliphatic heterocycles. The van der Waals surface area contributed by atoms with Crippen LogP contribution < -0.4 is 5.32 Å². The maximum atomic E-state index is 14.8. The monoisotopic (exact) mass is 474 g/mol. The number of carbonyl (C=O) groups is 3. The molecule has 0 saturated heterocycles. The second kappa shape index (κ2) is 9.12. The van der Waals surface area contributed by atoms with E-state index < -0.39 is 40.6 Å². The van der Waals surface area contributed by atoms with E-state index in [0.29, 0.717) is 0 Å². The normalized spacial score (nSPS) is 21.8. The van der Waals surface area contributed by atoms with Gasteiger partial charge in [0.1, 0.15) is 0 Å². The number of carbonyl (C=O) groups excluding carboxylic acids is 3. The van der Waals surface area contributed by atoms with E-state index in [1.54, 1.807) is 6.07 Å². The van der Waals surface area contributed by atoms with Crippen LogP contribution >= 0.6 is 0 Å². The van der Waals surface area contributed by atoms with E-state index in [1.165, 1.54) is 43.3 Å². The van der Waals surface area contributed by atoms with Gasteiger partial charge >= 0.3 is 6.18 Å². The number of rotatable bonds is 6. The van der Waals surface area contributed by atoms with Gasteiger partial charge in [-0.15, -0.1) is 0 Å². The largest absolute Gasteiger partial charge is 0.459 e. The summed E-state index contributed by atoms with van der Waals surface area (Å²) >= 11 is 0. The van der Waals surface area contributed by atoms with Gasteiger partial charge in [0, 0.05) is 17.8 Å². The van der Waals surface area contributed by atoms with E-state index in [9.17, 15) is 27.6 Å². The number of Topliss-reactive ketones (excluding diaryl/α,β-unsaturated/α-hetero) is 1. The van der Waals surface area contributed by atoms with Gasteiger partial charge in [-0.1, -0.05) is 49.6 Å². The highest BCUT2D eigenvalue weighted by Gasteiger charge is 2.70. The average Bonchev–Trinajstić information content (AvgIpc) is 3.43. The lowest BCUT2D eigenvalue weighted by Gasteiger charge is -2.34. The Balaban J connectivity index is 1.84. The standard InChI is InChI=1S/C25H25F3N2O4/c1-16-20(21(31)18-11-6-3-7-12-18)24(25(26,27)28,29-22(32)19-13-8-14-34-19)23(33)30(16)15-17-9-4-2-5-10-17/h3,6-8,11-14,17H,2,4-5,9-10,15H2,1H3,(H,29,32)/t24-/m0/s1. The molecule has 0 spiro atoms. The lowest BCUT2D eigenvalue weighted by atomic mass is 9.84. The molecule has 1 atom stereocenters. The summed E-state index contributed by atoms with van der Waals surface area (Å²) in [6, 6.07) is 9.97. The molecule has 1 aromatic carbocycles. The SMILES string of the molecule is CC1=C(C(=O)c2ccccc2)[C@@](NC(=O)c2ccco2)(C(F)(F)F)C(=O)N1CC1CCCCC1. The van der Waals surface area contributed by atoms with E-state index in [-0.39, 0.29) is 23.7 Å². The molecule has 180 valence electrons. The van der Waals surface area contributed by atoms with Gasteiger partial charge in [-0.3, -0.25) is 14.4 Å². The zero-order chi connectivity index (χ0) is 24.5. The first-order valence-electron chi connectivity index (χ1n) is 11.2. The van der Waals surface area contributed by atoms with E-state index in [0.717, 1.165) is 43.3 Å². The molecule has 2 aromatic rings. The lowest BCUT2D eigenvalue weighted by molar-refractivity contribution is -0.189. The number of alkyl halides is 3. The summed E-state index contributed by atoms with van der Waals surface area (Å²) in [7, 11) is 0. The third-order valence-electron chi connectivity index (χ3n) is 6.61. The molecule has 1 fully saturated rings. The number of ketones is 1. The van der Waals surface area contributed by atoms with Crippen LogP contribution in [0.25, 0.3) is 0 Å². The highest BCUT2D eigenvalue weighted by molar-refractivity contribution is 6.19. The predicted molar refractivity (Wildman–Crippen MR) is 117 cm³/mol. The van der Waals surface area contributed by atoms with Crippen LogP contribution in [0.3, 0.4) is 0 Å². The summed E-state index contributed by atoms with van der Waals surface area (Å²) in [5.74, 6) is -3.95. The first-order chi connectivity index (χ1) is 16.2. The molecule has 2 aliphatic rings. The Hall–Kier alpha value is -3.36. The Bertz CT molecular complexity index is 1100. The minimum Gasteiger partial charge on any atom is -0.459 e. The fourth-order valence-electron chi connectivity index (χ4n) is 4.87. The topological polar surface area (TPSA) is 79.6 Å². The van der Waals surface area contributed by atoms with Crippen LogP contribution in [0.15, 0.2) is 64.4 Å². The summed E-state index contributed by atoms with van der Waals surface area (Å²) in [6.45, 7) is 1.40. The molecule has 0 bridgehead atoms. The second-order valence-electron chi connectivity index (χ2n) is 8.75. The number of furan rings is 1. The van der Waals surface area contributed by atoms with Crippen LogP contribution in [0, 0.1) is 5.92 Å². The number of hydrogen-bond donors (Lipinski definition) is 1. The molecule has 1 N–H and O–H groups in total. The summed E-state index contributed by atoms with van der Waals surface area (Å²) in [6.07, 6.45) is 0.346. The van der Waals surface area contributed by atoms with Crippen molar-refractivity contribution in [2.24, 2.45) is 5.92 Å². The quantitative estimate of drug-likeness (QED) is 0.605. The van der Waals surface area contributed by atoms with Gasteiger partial charge < -0.3 is 14.6 Å². The van der Waals surface area contributed by atoms with Crippen molar-refractivity contribution in [1.29, 1.82) is 0 Å². The number of allylic oxidation sites excluding steroid dienone is 1. The Labute approximate surface area is 194 Å². The van der Waals surface area contributed by atoms with Gasteiger partial charge in [-0.05, 0) is 37.8 Å². The number of halogens is 3. The van der Waals surface area contributed by atoms with Crippen molar-refractivity contribution in [1.82, 2.24) is 10.2 Å². The van der Waals surface area contributed by atoms with Crippen LogP contribution in [0.2, 0.25) is 0 Å². The molecular weight excluding hydrogens is 449 g/mol. The van der Waals surface area contributed by atoms with E-state index in [1.807, 2.05) is 5.32 Å². The van der Waals surface area contributed by atoms with Crippen molar-refractivity contribution in [3.8, 4) is 0 Å². The van der Waals surface area contributed by atoms with E-state index >= 15 is 0 Å². The predicted octanol–water partition coefficient (Wildman–Crippen LogP) is 4.89. The third kappa shape index (κ3) is 4.03. The zero-order valence-electron chi connectivity index (χ0n) is 18.7. The van der Waals surface area contributed by atoms with Crippen LogP contribution in [0.1, 0.15) is 59.9 Å². The van der Waals surface area contributed by atoms with Crippen LogP contribution in [-0.2, 0) is 4.79 Å². The molecule has 4 rings (SSSR count). The maximum Gasteiger partial charge on any atom is 0.425 e. The maximum absolute atomic E-state index is 14.8. The summed E-state index contributed by atoms with van der Waals surface area (Å²) < 4.78 is 49.5. The minimum absolute atomic E-state index is 0.00922. The number of hydrogen-bond acceptors (Lipinski definition) is 4. The first kappa shape index (κ1) is 23.8. The molecule has 2 amide bonds. The van der Waals surface area contributed by atoms with Crippen molar-refractivity contribution < 1.29 is 32.0 Å². The fourth-order valence-corrected chi connectivity index (χ4v) is 4.87. The van der Waals surface area contributed by atoms with E-state index in [4.69, 9.17) is 4.42 Å². The molecule has 9 heteroatoms. The second-order valence-corrected chi connectivity index (χ2v) is 8.75. The van der Waals surface area contributed by atoms with E-state index in [2.05, 4.69) is 0 Å². The molecule has 6 nitrogen and oxygen atoms in total. The van der Waals surface area contributed by atoms with Gasteiger partial charge in [0.2, 0.25) is 5.54 Å². The Morgan fingerprint density at radius 3 is 2.35 bits per heavy atom. The third-order valence-corrected chi connectivity index (χ3v) is 6.61. The molecule has 0 radical (unpaired) electrons. The van der Waals surface area contributed by atoms with Crippen molar-refractivity contribution in [3.05, 3.63) is 71.3 Å². The summed E-state index contributed by atoms with van der Waals surface area (Å²) in [5, 5.41) is 1.86. The molecule has 1 aromatic heterocycles. The highest BCUT2D eigenvalue weighted by Crippen LogP contribution is 2.46. The molecule has 1 saturated carbocycles. The number of nitrogens with one attached hydrogen (secondary N) is 1. The average molecular weight is 474 g/mol. The molecule has 0 unspecified atom stereocenters. The Kier molecular flexibility index (Phi) is 6.38. The number of amides is 2.